The molecule has 0 spiro atoms. The lowest BCUT2D eigenvalue weighted by Gasteiger charge is -1.99. The fourth-order valence-electron chi connectivity index (χ4n) is 0.796. The predicted molar refractivity (Wildman–Crippen MR) is 52.0 cm³/mol. The van der Waals surface area contributed by atoms with E-state index in [4.69, 9.17) is 23.2 Å². The van der Waals surface area contributed by atoms with Gasteiger partial charge in [-0.15, -0.1) is 0 Å². The largest absolute Gasteiger partial charge is 0.240 e. The summed E-state index contributed by atoms with van der Waals surface area (Å²) in [6.45, 7) is 0. The van der Waals surface area contributed by atoms with E-state index in [2.05, 4.69) is 9.98 Å². The molecule has 0 saturated carbocycles. The minimum absolute atomic E-state index is 0.153. The molecule has 0 heterocycles. The van der Waals surface area contributed by atoms with Crippen LogP contribution in [0.4, 0.5) is 11.4 Å². The fraction of sp³-hybridized carbons (Fsp3) is 0. The fourth-order valence-corrected chi connectivity index (χ4v) is 1.26. The van der Waals surface area contributed by atoms with Crippen molar-refractivity contribution in [1.82, 2.24) is 0 Å². The Balaban J connectivity index is 3.40. The first kappa shape index (κ1) is 10.6. The van der Waals surface area contributed by atoms with E-state index in [9.17, 15) is 9.59 Å². The molecule has 0 aromatic heterocycles. The van der Waals surface area contributed by atoms with Crippen LogP contribution in [0.5, 0.6) is 0 Å². The molecule has 1 rings (SSSR count). The lowest BCUT2D eigenvalue weighted by atomic mass is 10.3. The van der Waals surface area contributed by atoms with Crippen molar-refractivity contribution >= 4 is 46.7 Å². The minimum Gasteiger partial charge on any atom is -0.211 e. The van der Waals surface area contributed by atoms with Gasteiger partial charge in [0.05, 0.1) is 21.4 Å². The van der Waals surface area contributed by atoms with Gasteiger partial charge in [0.2, 0.25) is 12.2 Å². The SMILES string of the molecule is O=C=Nc1cc(N=C=O)c(Cl)cc1Cl. The molecule has 0 amide bonds. The second-order valence-electron chi connectivity index (χ2n) is 2.16. The van der Waals surface area contributed by atoms with Crippen LogP contribution in [0.15, 0.2) is 22.1 Å². The van der Waals surface area contributed by atoms with Crippen LogP contribution in [-0.4, -0.2) is 12.2 Å². The number of hydrogen-bond donors (Lipinski definition) is 0. The molecule has 0 bridgehead atoms. The summed E-state index contributed by atoms with van der Waals surface area (Å²) in [5.74, 6) is 0. The standard InChI is InChI=1S/C8H2Cl2N2O2/c9-5-1-6(10)8(12-4-14)2-7(5)11-3-13/h1-2H. The summed E-state index contributed by atoms with van der Waals surface area (Å²) < 4.78 is 0. The van der Waals surface area contributed by atoms with Gasteiger partial charge in [-0.25, -0.2) is 9.59 Å². The van der Waals surface area contributed by atoms with Crippen LogP contribution in [0, 0.1) is 0 Å². The van der Waals surface area contributed by atoms with Crippen LogP contribution in [0.25, 0.3) is 0 Å². The van der Waals surface area contributed by atoms with Crippen molar-refractivity contribution in [2.45, 2.75) is 0 Å². The van der Waals surface area contributed by atoms with Gasteiger partial charge in [0.1, 0.15) is 0 Å². The summed E-state index contributed by atoms with van der Waals surface area (Å²) in [5.41, 5.74) is 0.306. The van der Waals surface area contributed by atoms with E-state index in [0.29, 0.717) is 0 Å². The first-order valence-electron chi connectivity index (χ1n) is 3.34. The molecule has 1 aromatic carbocycles. The van der Waals surface area contributed by atoms with Gasteiger partial charge in [-0.3, -0.25) is 0 Å². The van der Waals surface area contributed by atoms with Crippen LogP contribution >= 0.6 is 23.2 Å². The highest BCUT2D eigenvalue weighted by atomic mass is 35.5. The summed E-state index contributed by atoms with van der Waals surface area (Å²) in [7, 11) is 0. The maximum Gasteiger partial charge on any atom is 0.240 e. The highest BCUT2D eigenvalue weighted by Gasteiger charge is 2.05. The number of halogens is 2. The molecule has 0 aliphatic carbocycles. The maximum absolute atomic E-state index is 9.99. The van der Waals surface area contributed by atoms with Crippen molar-refractivity contribution in [3.63, 3.8) is 0 Å². The van der Waals surface area contributed by atoms with Crippen LogP contribution in [0.1, 0.15) is 0 Å². The normalized spacial score (nSPS) is 8.71. The molecule has 0 saturated heterocycles. The van der Waals surface area contributed by atoms with E-state index in [1.807, 2.05) is 0 Å². The first-order chi connectivity index (χ1) is 6.69. The first-order valence-corrected chi connectivity index (χ1v) is 4.09. The maximum atomic E-state index is 9.99. The second-order valence-corrected chi connectivity index (χ2v) is 2.98. The monoisotopic (exact) mass is 228 g/mol. The van der Waals surface area contributed by atoms with Gasteiger partial charge in [-0.2, -0.15) is 9.98 Å². The number of rotatable bonds is 2. The molecule has 0 N–H and O–H groups in total. The average Bonchev–Trinajstić information content (AvgIpc) is 2.14. The number of nitrogens with zero attached hydrogens (tertiary/aromatic N) is 2. The van der Waals surface area contributed by atoms with Crippen LogP contribution < -0.4 is 0 Å². The van der Waals surface area contributed by atoms with Crippen molar-refractivity contribution < 1.29 is 9.59 Å². The molecule has 0 aliphatic rings. The summed E-state index contributed by atoms with van der Waals surface area (Å²) in [5, 5.41) is 0.367. The molecular weight excluding hydrogens is 227 g/mol. The molecule has 1 aromatic rings. The third-order valence-electron chi connectivity index (χ3n) is 1.35. The van der Waals surface area contributed by atoms with E-state index in [1.165, 1.54) is 24.3 Å². The molecule has 70 valence electrons. The summed E-state index contributed by atoms with van der Waals surface area (Å²) in [6.07, 6.45) is 2.64. The number of benzene rings is 1. The molecule has 0 fully saturated rings. The van der Waals surface area contributed by atoms with E-state index < -0.39 is 0 Å². The number of isocyanates is 2. The van der Waals surface area contributed by atoms with E-state index in [0.717, 1.165) is 0 Å². The van der Waals surface area contributed by atoms with Gasteiger partial charge >= 0.3 is 0 Å². The van der Waals surface area contributed by atoms with Gasteiger partial charge in [0, 0.05) is 0 Å². The van der Waals surface area contributed by atoms with E-state index >= 15 is 0 Å². The van der Waals surface area contributed by atoms with Gasteiger partial charge in [-0.1, -0.05) is 23.2 Å². The van der Waals surface area contributed by atoms with Crippen LogP contribution in [0.2, 0.25) is 10.0 Å². The molecule has 0 unspecified atom stereocenters. The molecular formula is C8H2Cl2N2O2. The second kappa shape index (κ2) is 4.70. The van der Waals surface area contributed by atoms with E-state index in [-0.39, 0.29) is 21.4 Å². The van der Waals surface area contributed by atoms with Gasteiger partial charge < -0.3 is 0 Å². The third kappa shape index (κ3) is 2.28. The Morgan fingerprint density at radius 1 is 0.929 bits per heavy atom. The molecule has 0 aliphatic heterocycles. The Morgan fingerprint density at radius 3 is 1.71 bits per heavy atom. The average molecular weight is 229 g/mol. The summed E-state index contributed by atoms with van der Waals surface area (Å²) in [6, 6.07) is 2.62. The molecule has 0 radical (unpaired) electrons. The van der Waals surface area contributed by atoms with Gasteiger partial charge in [0.15, 0.2) is 0 Å². The van der Waals surface area contributed by atoms with E-state index in [1.54, 1.807) is 0 Å². The summed E-state index contributed by atoms with van der Waals surface area (Å²) in [4.78, 5) is 26.6. The van der Waals surface area contributed by atoms with Crippen molar-refractivity contribution in [3.8, 4) is 0 Å². The Kier molecular flexibility index (Phi) is 3.57. The smallest absolute Gasteiger partial charge is 0.211 e. The highest BCUT2D eigenvalue weighted by Crippen LogP contribution is 2.35. The topological polar surface area (TPSA) is 58.9 Å². The zero-order valence-electron chi connectivity index (χ0n) is 6.62. The minimum atomic E-state index is 0.153. The van der Waals surface area contributed by atoms with Crippen LogP contribution in [0.3, 0.4) is 0 Å². The quantitative estimate of drug-likeness (QED) is 0.578. The van der Waals surface area contributed by atoms with Crippen LogP contribution in [-0.2, 0) is 9.59 Å². The molecule has 14 heavy (non-hydrogen) atoms. The summed E-state index contributed by atoms with van der Waals surface area (Å²) >= 11 is 11.4. The van der Waals surface area contributed by atoms with Crippen molar-refractivity contribution in [3.05, 3.63) is 22.2 Å². The lowest BCUT2D eigenvalue weighted by molar-refractivity contribution is 0.565. The predicted octanol–water partition coefficient (Wildman–Crippen LogP) is 2.93. The van der Waals surface area contributed by atoms with Crippen molar-refractivity contribution in [2.24, 2.45) is 9.98 Å². The number of aliphatic imine (C=N–C) groups is 2. The van der Waals surface area contributed by atoms with Gasteiger partial charge in [0.25, 0.3) is 0 Å². The zero-order chi connectivity index (χ0) is 10.6. The Hall–Kier alpha value is -1.44. The Morgan fingerprint density at radius 2 is 1.36 bits per heavy atom. The highest BCUT2D eigenvalue weighted by molar-refractivity contribution is 6.37. The van der Waals surface area contributed by atoms with Crippen molar-refractivity contribution in [1.29, 1.82) is 0 Å². The zero-order valence-corrected chi connectivity index (χ0v) is 8.13. The van der Waals surface area contributed by atoms with Crippen molar-refractivity contribution in [2.75, 3.05) is 0 Å². The molecule has 6 heteroatoms. The number of hydrogen-bond acceptors (Lipinski definition) is 4. The Labute approximate surface area is 88.9 Å². The molecule has 4 nitrogen and oxygen atoms in total. The molecule has 0 atom stereocenters. The third-order valence-corrected chi connectivity index (χ3v) is 1.95. The Bertz CT molecular complexity index is 421. The van der Waals surface area contributed by atoms with Gasteiger partial charge in [-0.05, 0) is 12.1 Å². The lowest BCUT2D eigenvalue weighted by Crippen LogP contribution is -1.72. The number of carbonyl (C=O) groups excluding carboxylic acids is 2.